The Labute approximate surface area is 197 Å². The molecule has 4 rings (SSSR count). The summed E-state index contributed by atoms with van der Waals surface area (Å²) < 4.78 is 1.74. The van der Waals surface area contributed by atoms with Gasteiger partial charge in [-0.2, -0.15) is 0 Å². The maximum atomic E-state index is 12.3. The summed E-state index contributed by atoms with van der Waals surface area (Å²) in [4.78, 5) is 38.8. The van der Waals surface area contributed by atoms with Gasteiger partial charge in [-0.15, -0.1) is 0 Å². The maximum Gasteiger partial charge on any atom is 0.334 e. The highest BCUT2D eigenvalue weighted by Gasteiger charge is 2.44. The molecule has 180 valence electrons. The van der Waals surface area contributed by atoms with Gasteiger partial charge in [-0.05, 0) is 32.0 Å². The SMILES string of the molecule is CC1=C(C(=O)O)C(c2cccn2C)C([N+](=O)[O-])=C(C)N1CCN1CCN(c2ncccn2)CC1. The lowest BCUT2D eigenvalue weighted by molar-refractivity contribution is -0.432. The standard InChI is InChI=1S/C23H29N7O4/c1-16-19(22(31)32)20(18-6-4-9-26(18)3)21(30(33)34)17(2)29(16)15-12-27-10-13-28(14-11-27)23-24-7-5-8-25-23/h4-9,20H,10-15H2,1-3H3,(H,31,32). The van der Waals surface area contributed by atoms with Crippen LogP contribution in [0.5, 0.6) is 0 Å². The number of aryl methyl sites for hydroxylation is 1. The summed E-state index contributed by atoms with van der Waals surface area (Å²) in [5.41, 5.74) is 1.57. The van der Waals surface area contributed by atoms with E-state index in [4.69, 9.17) is 0 Å². The largest absolute Gasteiger partial charge is 0.478 e. The van der Waals surface area contributed by atoms with E-state index in [0.29, 0.717) is 36.1 Å². The third-order valence-electron chi connectivity index (χ3n) is 6.69. The zero-order valence-electron chi connectivity index (χ0n) is 19.6. The molecule has 1 N–H and O–H groups in total. The number of aromatic nitrogens is 3. The fourth-order valence-electron chi connectivity index (χ4n) is 4.87. The number of aliphatic carboxylic acids is 1. The topological polar surface area (TPSA) is 121 Å². The van der Waals surface area contributed by atoms with E-state index in [-0.39, 0.29) is 11.3 Å². The molecule has 2 aromatic heterocycles. The second kappa shape index (κ2) is 9.64. The highest BCUT2D eigenvalue weighted by molar-refractivity contribution is 5.90. The van der Waals surface area contributed by atoms with Crippen LogP contribution in [0.1, 0.15) is 25.5 Å². The Bertz CT molecular complexity index is 1100. The van der Waals surface area contributed by atoms with E-state index in [0.717, 1.165) is 26.2 Å². The third kappa shape index (κ3) is 4.38. The number of piperazine rings is 1. The maximum absolute atomic E-state index is 12.3. The molecule has 0 aromatic carbocycles. The molecule has 1 atom stereocenters. The summed E-state index contributed by atoms with van der Waals surface area (Å²) in [5.74, 6) is -1.36. The van der Waals surface area contributed by atoms with Crippen molar-refractivity contribution in [3.05, 3.63) is 75.3 Å². The molecular weight excluding hydrogens is 438 g/mol. The summed E-state index contributed by atoms with van der Waals surface area (Å²) >= 11 is 0. The average Bonchev–Trinajstić information content (AvgIpc) is 3.24. The van der Waals surface area contributed by atoms with Gasteiger partial charge in [-0.1, -0.05) is 0 Å². The van der Waals surface area contributed by atoms with Gasteiger partial charge in [-0.25, -0.2) is 14.8 Å². The van der Waals surface area contributed by atoms with Crippen molar-refractivity contribution in [1.29, 1.82) is 0 Å². The lowest BCUT2D eigenvalue weighted by Gasteiger charge is -2.38. The van der Waals surface area contributed by atoms with Crippen molar-refractivity contribution < 1.29 is 14.8 Å². The molecule has 2 aliphatic heterocycles. The molecule has 1 unspecified atom stereocenters. The van der Waals surface area contributed by atoms with Crippen molar-refractivity contribution in [3.8, 4) is 0 Å². The number of nitrogens with zero attached hydrogens (tertiary/aromatic N) is 7. The highest BCUT2D eigenvalue weighted by Crippen LogP contribution is 2.42. The number of hydrogen-bond acceptors (Lipinski definition) is 8. The van der Waals surface area contributed by atoms with Crippen molar-refractivity contribution >= 4 is 11.9 Å². The first-order valence-electron chi connectivity index (χ1n) is 11.2. The van der Waals surface area contributed by atoms with Crippen LogP contribution >= 0.6 is 0 Å². The fourth-order valence-corrected chi connectivity index (χ4v) is 4.87. The van der Waals surface area contributed by atoms with Crippen LogP contribution in [-0.4, -0.2) is 79.6 Å². The first kappa shape index (κ1) is 23.4. The Morgan fingerprint density at radius 2 is 1.79 bits per heavy atom. The van der Waals surface area contributed by atoms with Gasteiger partial charge in [0.1, 0.15) is 5.92 Å². The van der Waals surface area contributed by atoms with Crippen LogP contribution in [-0.2, 0) is 11.8 Å². The predicted molar refractivity (Wildman–Crippen MR) is 126 cm³/mol. The molecule has 0 aliphatic carbocycles. The van der Waals surface area contributed by atoms with E-state index in [1.165, 1.54) is 0 Å². The minimum Gasteiger partial charge on any atom is -0.478 e. The van der Waals surface area contributed by atoms with E-state index in [1.807, 2.05) is 0 Å². The van der Waals surface area contributed by atoms with Crippen molar-refractivity contribution in [1.82, 2.24) is 24.3 Å². The van der Waals surface area contributed by atoms with Crippen LogP contribution in [0.15, 0.2) is 59.5 Å². The summed E-state index contributed by atoms with van der Waals surface area (Å²) in [5, 5.41) is 22.2. The van der Waals surface area contributed by atoms with Gasteiger partial charge >= 0.3 is 5.97 Å². The third-order valence-corrected chi connectivity index (χ3v) is 6.69. The normalized spacial score (nSPS) is 19.7. The number of rotatable bonds is 7. The van der Waals surface area contributed by atoms with Gasteiger partial charge < -0.3 is 19.5 Å². The zero-order valence-corrected chi connectivity index (χ0v) is 19.6. The molecule has 1 saturated heterocycles. The molecule has 4 heterocycles. The molecule has 0 amide bonds. The zero-order chi connectivity index (χ0) is 24.4. The quantitative estimate of drug-likeness (QED) is 0.481. The minimum absolute atomic E-state index is 0.0464. The van der Waals surface area contributed by atoms with Gasteiger partial charge in [0.25, 0.3) is 5.70 Å². The van der Waals surface area contributed by atoms with E-state index in [9.17, 15) is 20.0 Å². The molecule has 11 heteroatoms. The Balaban J connectivity index is 1.54. The van der Waals surface area contributed by atoms with Crippen molar-refractivity contribution in [2.75, 3.05) is 44.2 Å². The van der Waals surface area contributed by atoms with Gasteiger partial charge in [0.05, 0.1) is 16.2 Å². The number of carboxylic acids is 1. The van der Waals surface area contributed by atoms with Gasteiger partial charge in [-0.3, -0.25) is 15.0 Å². The van der Waals surface area contributed by atoms with Crippen molar-refractivity contribution in [2.24, 2.45) is 7.05 Å². The highest BCUT2D eigenvalue weighted by atomic mass is 16.6. The molecule has 0 bridgehead atoms. The van der Waals surface area contributed by atoms with E-state index >= 15 is 0 Å². The summed E-state index contributed by atoms with van der Waals surface area (Å²) in [6.07, 6.45) is 5.22. The number of nitro groups is 1. The van der Waals surface area contributed by atoms with Crippen LogP contribution < -0.4 is 4.90 Å². The molecule has 0 radical (unpaired) electrons. The number of hydrogen-bond donors (Lipinski definition) is 1. The molecule has 2 aromatic rings. The number of carbonyl (C=O) groups is 1. The molecule has 1 fully saturated rings. The number of allylic oxidation sites excluding steroid dienone is 3. The lowest BCUT2D eigenvalue weighted by Crippen LogP contribution is -2.49. The van der Waals surface area contributed by atoms with Gasteiger partial charge in [0, 0.05) is 76.3 Å². The minimum atomic E-state index is -1.14. The summed E-state index contributed by atoms with van der Waals surface area (Å²) in [7, 11) is 1.77. The molecular formula is C23H29N7O4. The van der Waals surface area contributed by atoms with Crippen molar-refractivity contribution in [2.45, 2.75) is 19.8 Å². The molecule has 11 nitrogen and oxygen atoms in total. The predicted octanol–water partition coefficient (Wildman–Crippen LogP) is 1.90. The molecule has 2 aliphatic rings. The number of carboxylic acid groups (broad SMARTS) is 1. The monoisotopic (exact) mass is 467 g/mol. The Kier molecular flexibility index (Phi) is 6.64. The van der Waals surface area contributed by atoms with Crippen LogP contribution in [0.3, 0.4) is 0 Å². The second-order valence-electron chi connectivity index (χ2n) is 8.54. The lowest BCUT2D eigenvalue weighted by atomic mass is 9.86. The first-order chi connectivity index (χ1) is 16.3. The first-order valence-corrected chi connectivity index (χ1v) is 11.2. The van der Waals surface area contributed by atoms with Crippen LogP contribution in [0, 0.1) is 10.1 Å². The van der Waals surface area contributed by atoms with Crippen molar-refractivity contribution in [3.63, 3.8) is 0 Å². The van der Waals surface area contributed by atoms with Crippen LogP contribution in [0.2, 0.25) is 0 Å². The van der Waals surface area contributed by atoms with Crippen LogP contribution in [0.4, 0.5) is 5.95 Å². The Morgan fingerprint density at radius 1 is 1.12 bits per heavy atom. The Hall–Kier alpha value is -3.73. The van der Waals surface area contributed by atoms with E-state index in [1.54, 1.807) is 67.2 Å². The second-order valence-corrected chi connectivity index (χ2v) is 8.54. The molecule has 0 spiro atoms. The van der Waals surface area contributed by atoms with Gasteiger partial charge in [0.2, 0.25) is 5.95 Å². The van der Waals surface area contributed by atoms with E-state index < -0.39 is 16.8 Å². The average molecular weight is 468 g/mol. The Morgan fingerprint density at radius 3 is 2.35 bits per heavy atom. The number of anilines is 1. The summed E-state index contributed by atoms with van der Waals surface area (Å²) in [6, 6.07) is 5.30. The smallest absolute Gasteiger partial charge is 0.334 e. The van der Waals surface area contributed by atoms with Gasteiger partial charge in [0.15, 0.2) is 0 Å². The summed E-state index contributed by atoms with van der Waals surface area (Å²) in [6.45, 7) is 7.74. The molecule has 0 saturated carbocycles. The molecule has 34 heavy (non-hydrogen) atoms. The van der Waals surface area contributed by atoms with E-state index in [2.05, 4.69) is 19.8 Å². The fraction of sp³-hybridized carbons (Fsp3) is 0.435. The van der Waals surface area contributed by atoms with Crippen LogP contribution in [0.25, 0.3) is 0 Å².